The molecule has 0 radical (unpaired) electrons. The van der Waals surface area contributed by atoms with Crippen molar-refractivity contribution < 1.29 is 14.6 Å². The lowest BCUT2D eigenvalue weighted by Gasteiger charge is -2.34. The molecule has 6 nitrogen and oxygen atoms in total. The number of aromatic nitrogens is 1. The number of carbonyl (C=O) groups excluding carboxylic acids is 1. The van der Waals surface area contributed by atoms with Gasteiger partial charge in [-0.1, -0.05) is 24.6 Å². The predicted molar refractivity (Wildman–Crippen MR) is 119 cm³/mol. The molecule has 31 heavy (non-hydrogen) atoms. The molecule has 5 rings (SSSR count). The minimum absolute atomic E-state index is 0.0723. The Labute approximate surface area is 183 Å². The summed E-state index contributed by atoms with van der Waals surface area (Å²) in [6, 6.07) is 11.9. The first-order valence-corrected chi connectivity index (χ1v) is 11.6. The molecule has 2 atom stereocenters. The number of benzene rings is 1. The number of fused-ring (bicyclic) bond motifs is 1. The molecule has 1 aromatic heterocycles. The second-order valence-electron chi connectivity index (χ2n) is 9.10. The van der Waals surface area contributed by atoms with Crippen molar-refractivity contribution in [1.82, 2.24) is 9.88 Å². The molecule has 2 fully saturated rings. The number of hydrogen-bond acceptors (Lipinski definition) is 5. The van der Waals surface area contributed by atoms with Crippen LogP contribution in [-0.4, -0.2) is 52.7 Å². The summed E-state index contributed by atoms with van der Waals surface area (Å²) >= 11 is 0. The van der Waals surface area contributed by atoms with Crippen molar-refractivity contribution in [3.8, 4) is 5.75 Å². The lowest BCUT2D eigenvalue weighted by molar-refractivity contribution is 0.00635. The highest BCUT2D eigenvalue weighted by Gasteiger charge is 2.34. The van der Waals surface area contributed by atoms with Crippen molar-refractivity contribution in [3.63, 3.8) is 0 Å². The number of carbonyl (C=O) groups is 1. The average molecular weight is 422 g/mol. The van der Waals surface area contributed by atoms with Crippen LogP contribution in [0.2, 0.25) is 0 Å². The van der Waals surface area contributed by atoms with Crippen LogP contribution in [-0.2, 0) is 6.54 Å². The van der Waals surface area contributed by atoms with Crippen LogP contribution >= 0.6 is 0 Å². The second kappa shape index (κ2) is 8.87. The first-order valence-electron chi connectivity index (χ1n) is 11.6. The molecule has 1 saturated heterocycles. The average Bonchev–Trinajstić information content (AvgIpc) is 3.12. The quantitative estimate of drug-likeness (QED) is 0.799. The summed E-state index contributed by atoms with van der Waals surface area (Å²) in [6.07, 6.45) is 7.04. The summed E-state index contributed by atoms with van der Waals surface area (Å²) in [5.41, 5.74) is 1.74. The zero-order valence-corrected chi connectivity index (χ0v) is 17.9. The van der Waals surface area contributed by atoms with Crippen LogP contribution in [0, 0.1) is 5.92 Å². The maximum atomic E-state index is 13.3. The number of anilines is 1. The number of hydrogen-bond donors (Lipinski definition) is 1. The third-order valence-electron chi connectivity index (χ3n) is 6.99. The van der Waals surface area contributed by atoms with E-state index in [0.717, 1.165) is 69.5 Å². The SMILES string of the molecule is O=C1c2c(cccc2O[C@@H]2CCCC[C@H]2O)CN1CC1CCN(c2ccccn2)CC1. The number of piperidine rings is 1. The van der Waals surface area contributed by atoms with Gasteiger partial charge in [-0.3, -0.25) is 4.79 Å². The van der Waals surface area contributed by atoms with Crippen LogP contribution in [0.5, 0.6) is 5.75 Å². The van der Waals surface area contributed by atoms with Gasteiger partial charge in [-0.2, -0.15) is 0 Å². The number of aliphatic hydroxyl groups is 1. The molecule has 0 spiro atoms. The molecule has 1 aliphatic carbocycles. The Bertz CT molecular complexity index is 911. The Kier molecular flexibility index (Phi) is 5.81. The monoisotopic (exact) mass is 421 g/mol. The highest BCUT2D eigenvalue weighted by atomic mass is 16.5. The maximum absolute atomic E-state index is 13.3. The number of ether oxygens (including phenoxy) is 1. The molecule has 6 heteroatoms. The normalized spacial score (nSPS) is 24.4. The lowest BCUT2D eigenvalue weighted by atomic mass is 9.94. The van der Waals surface area contributed by atoms with Crippen molar-refractivity contribution in [2.75, 3.05) is 24.5 Å². The van der Waals surface area contributed by atoms with Crippen molar-refractivity contribution in [2.24, 2.45) is 5.92 Å². The summed E-state index contributed by atoms with van der Waals surface area (Å²) in [5, 5.41) is 10.3. The van der Waals surface area contributed by atoms with Crippen molar-refractivity contribution in [1.29, 1.82) is 0 Å². The molecule has 2 aliphatic heterocycles. The fraction of sp³-hybridized carbons (Fsp3) is 0.520. The highest BCUT2D eigenvalue weighted by molar-refractivity contribution is 6.01. The van der Waals surface area contributed by atoms with E-state index in [2.05, 4.69) is 16.0 Å². The van der Waals surface area contributed by atoms with Gasteiger partial charge in [0.15, 0.2) is 0 Å². The standard InChI is InChI=1S/C25H31N3O3/c29-20-7-1-2-8-21(20)31-22-9-5-6-19-17-28(25(30)24(19)22)16-18-11-14-27(15-12-18)23-10-3-4-13-26-23/h3-6,9-10,13,18,20-21,29H,1-2,7-8,11-12,14-17H2/t20-,21-/m1/s1. The number of pyridine rings is 1. The van der Waals surface area contributed by atoms with E-state index in [4.69, 9.17) is 4.74 Å². The highest BCUT2D eigenvalue weighted by Crippen LogP contribution is 2.35. The fourth-order valence-corrected chi connectivity index (χ4v) is 5.21. The van der Waals surface area contributed by atoms with Gasteiger partial charge >= 0.3 is 0 Å². The third-order valence-corrected chi connectivity index (χ3v) is 6.99. The molecule has 1 amide bonds. The number of nitrogens with zero attached hydrogens (tertiary/aromatic N) is 3. The lowest BCUT2D eigenvalue weighted by Crippen LogP contribution is -2.39. The third kappa shape index (κ3) is 4.26. The van der Waals surface area contributed by atoms with E-state index >= 15 is 0 Å². The van der Waals surface area contributed by atoms with Crippen molar-refractivity contribution in [3.05, 3.63) is 53.7 Å². The Morgan fingerprint density at radius 1 is 1.03 bits per heavy atom. The van der Waals surface area contributed by atoms with Crippen LogP contribution in [0.15, 0.2) is 42.6 Å². The topological polar surface area (TPSA) is 65.9 Å². The molecule has 3 heterocycles. The van der Waals surface area contributed by atoms with Crippen LogP contribution < -0.4 is 9.64 Å². The number of rotatable bonds is 5. The molecule has 1 saturated carbocycles. The summed E-state index contributed by atoms with van der Waals surface area (Å²) in [4.78, 5) is 22.0. The Morgan fingerprint density at radius 2 is 1.87 bits per heavy atom. The zero-order chi connectivity index (χ0) is 21.2. The van der Waals surface area contributed by atoms with Crippen LogP contribution in [0.25, 0.3) is 0 Å². The van der Waals surface area contributed by atoms with Crippen LogP contribution in [0.1, 0.15) is 54.4 Å². The fourth-order valence-electron chi connectivity index (χ4n) is 5.21. The van der Waals surface area contributed by atoms with E-state index in [9.17, 15) is 9.90 Å². The van der Waals surface area contributed by atoms with Gasteiger partial charge in [-0.15, -0.1) is 0 Å². The largest absolute Gasteiger partial charge is 0.487 e. The van der Waals surface area contributed by atoms with Gasteiger partial charge in [0.2, 0.25) is 0 Å². The van der Waals surface area contributed by atoms with E-state index in [1.165, 1.54) is 0 Å². The minimum atomic E-state index is -0.443. The molecule has 0 unspecified atom stereocenters. The molecule has 164 valence electrons. The molecule has 1 aromatic carbocycles. The number of aliphatic hydroxyl groups excluding tert-OH is 1. The first-order chi connectivity index (χ1) is 15.2. The van der Waals surface area contributed by atoms with Crippen molar-refractivity contribution >= 4 is 11.7 Å². The van der Waals surface area contributed by atoms with Gasteiger partial charge in [0.1, 0.15) is 17.7 Å². The summed E-state index contributed by atoms with van der Waals surface area (Å²) in [6.45, 7) is 3.39. The van der Waals surface area contributed by atoms with Gasteiger partial charge < -0.3 is 19.6 Å². The van der Waals surface area contributed by atoms with Gasteiger partial charge in [-0.25, -0.2) is 4.98 Å². The second-order valence-corrected chi connectivity index (χ2v) is 9.10. The van der Waals surface area contributed by atoms with E-state index in [1.807, 2.05) is 41.4 Å². The first kappa shape index (κ1) is 20.3. The minimum Gasteiger partial charge on any atom is -0.487 e. The molecule has 1 N–H and O–H groups in total. The smallest absolute Gasteiger partial charge is 0.258 e. The van der Waals surface area contributed by atoms with Crippen LogP contribution in [0.3, 0.4) is 0 Å². The molecular formula is C25H31N3O3. The van der Waals surface area contributed by atoms with Gasteiger partial charge in [0.05, 0.1) is 11.7 Å². The summed E-state index contributed by atoms with van der Waals surface area (Å²) in [5.74, 6) is 2.25. The van der Waals surface area contributed by atoms with Gasteiger partial charge in [-0.05, 0) is 61.8 Å². The Hall–Kier alpha value is -2.60. The van der Waals surface area contributed by atoms with E-state index in [1.54, 1.807) is 0 Å². The summed E-state index contributed by atoms with van der Waals surface area (Å²) in [7, 11) is 0. The van der Waals surface area contributed by atoms with Gasteiger partial charge in [0, 0.05) is 32.4 Å². The molecule has 2 aromatic rings. The van der Waals surface area contributed by atoms with Crippen LogP contribution in [0.4, 0.5) is 5.82 Å². The maximum Gasteiger partial charge on any atom is 0.258 e. The van der Waals surface area contributed by atoms with E-state index < -0.39 is 6.10 Å². The molecule has 0 bridgehead atoms. The van der Waals surface area contributed by atoms with E-state index in [-0.39, 0.29) is 12.0 Å². The van der Waals surface area contributed by atoms with Gasteiger partial charge in [0.25, 0.3) is 5.91 Å². The van der Waals surface area contributed by atoms with Crippen molar-refractivity contribution in [2.45, 2.75) is 57.3 Å². The molecule has 3 aliphatic rings. The zero-order valence-electron chi connectivity index (χ0n) is 17.9. The number of amides is 1. The molecular weight excluding hydrogens is 390 g/mol. The van der Waals surface area contributed by atoms with E-state index in [0.29, 0.717) is 23.8 Å². The Balaban J connectivity index is 1.22. The summed E-state index contributed by atoms with van der Waals surface area (Å²) < 4.78 is 6.17. The Morgan fingerprint density at radius 3 is 2.65 bits per heavy atom. The predicted octanol–water partition coefficient (Wildman–Crippen LogP) is 3.64.